The van der Waals surface area contributed by atoms with Gasteiger partial charge in [0.1, 0.15) is 5.75 Å². The number of esters is 1. The Hall–Kier alpha value is -1.56. The second-order valence-corrected chi connectivity index (χ2v) is 6.18. The molecular weight excluding hydrogens is 350 g/mol. The van der Waals surface area contributed by atoms with E-state index in [1.54, 1.807) is 18.2 Å². The Morgan fingerprint density at radius 2 is 2.00 bits per heavy atom. The lowest BCUT2D eigenvalue weighted by atomic mass is 9.95. The maximum Gasteiger partial charge on any atom is 0.337 e. The van der Waals surface area contributed by atoms with Crippen LogP contribution in [0.25, 0.3) is 0 Å². The predicted octanol–water partition coefficient (Wildman–Crippen LogP) is 3.06. The highest BCUT2D eigenvalue weighted by Gasteiger charge is 2.16. The van der Waals surface area contributed by atoms with Crippen LogP contribution in [0.3, 0.4) is 0 Å². The number of hydrogen-bond acceptors (Lipinski definition) is 4. The Bertz CT molecular complexity index is 541. The summed E-state index contributed by atoms with van der Waals surface area (Å²) in [5, 5.41) is 2.99. The van der Waals surface area contributed by atoms with E-state index in [9.17, 15) is 9.59 Å². The van der Waals surface area contributed by atoms with Crippen LogP contribution in [0.15, 0.2) is 22.7 Å². The molecule has 1 amide bonds. The van der Waals surface area contributed by atoms with E-state index in [1.807, 2.05) is 0 Å². The SMILES string of the molecule is COC(=O)c1ccc(OCC(=O)NC2CCCCC2)c(Br)c1. The van der Waals surface area contributed by atoms with Crippen LogP contribution in [0.2, 0.25) is 0 Å². The van der Waals surface area contributed by atoms with Gasteiger partial charge in [-0.15, -0.1) is 0 Å². The topological polar surface area (TPSA) is 64.6 Å². The Kier molecular flexibility index (Phi) is 6.24. The van der Waals surface area contributed by atoms with Gasteiger partial charge in [0.05, 0.1) is 17.1 Å². The number of nitrogens with one attached hydrogen (secondary N) is 1. The molecule has 0 spiro atoms. The molecular formula is C16H20BrNO4. The zero-order valence-electron chi connectivity index (χ0n) is 12.6. The van der Waals surface area contributed by atoms with Gasteiger partial charge in [0, 0.05) is 6.04 Å². The largest absolute Gasteiger partial charge is 0.483 e. The van der Waals surface area contributed by atoms with Crippen molar-refractivity contribution in [1.82, 2.24) is 5.32 Å². The summed E-state index contributed by atoms with van der Waals surface area (Å²) in [4.78, 5) is 23.3. The van der Waals surface area contributed by atoms with Crippen molar-refractivity contribution in [3.05, 3.63) is 28.2 Å². The van der Waals surface area contributed by atoms with Gasteiger partial charge in [-0.2, -0.15) is 0 Å². The molecule has 0 bridgehead atoms. The molecule has 0 radical (unpaired) electrons. The second-order valence-electron chi connectivity index (χ2n) is 5.33. The Morgan fingerprint density at radius 1 is 1.27 bits per heavy atom. The maximum atomic E-state index is 11.9. The molecule has 1 fully saturated rings. The minimum atomic E-state index is -0.415. The Labute approximate surface area is 138 Å². The molecule has 0 aliphatic heterocycles. The van der Waals surface area contributed by atoms with E-state index in [1.165, 1.54) is 26.4 Å². The maximum absolute atomic E-state index is 11.9. The minimum Gasteiger partial charge on any atom is -0.483 e. The third-order valence-electron chi connectivity index (χ3n) is 3.68. The molecule has 0 atom stereocenters. The number of ether oxygens (including phenoxy) is 2. The summed E-state index contributed by atoms with van der Waals surface area (Å²) in [7, 11) is 1.33. The molecule has 1 aliphatic rings. The number of carbonyl (C=O) groups excluding carboxylic acids is 2. The standard InChI is InChI=1S/C16H20BrNO4/c1-21-16(20)11-7-8-14(13(17)9-11)22-10-15(19)18-12-5-3-2-4-6-12/h7-9,12H,2-6,10H2,1H3,(H,18,19). The summed E-state index contributed by atoms with van der Waals surface area (Å²) < 4.78 is 10.8. The average Bonchev–Trinajstić information content (AvgIpc) is 2.53. The predicted molar refractivity (Wildman–Crippen MR) is 86.0 cm³/mol. The summed E-state index contributed by atoms with van der Waals surface area (Å²) in [6, 6.07) is 5.13. The van der Waals surface area contributed by atoms with Crippen LogP contribution in [0.1, 0.15) is 42.5 Å². The van der Waals surface area contributed by atoms with Gasteiger partial charge in [-0.3, -0.25) is 4.79 Å². The normalized spacial score (nSPS) is 15.2. The molecule has 2 rings (SSSR count). The number of hydrogen-bond donors (Lipinski definition) is 1. The van der Waals surface area contributed by atoms with Gasteiger partial charge < -0.3 is 14.8 Å². The van der Waals surface area contributed by atoms with Gasteiger partial charge in [-0.25, -0.2) is 4.79 Å². The molecule has 22 heavy (non-hydrogen) atoms. The highest BCUT2D eigenvalue weighted by Crippen LogP contribution is 2.26. The zero-order chi connectivity index (χ0) is 15.9. The van der Waals surface area contributed by atoms with Gasteiger partial charge >= 0.3 is 5.97 Å². The fraction of sp³-hybridized carbons (Fsp3) is 0.500. The molecule has 1 aromatic carbocycles. The van der Waals surface area contributed by atoms with Crippen LogP contribution in [0.5, 0.6) is 5.75 Å². The summed E-state index contributed by atoms with van der Waals surface area (Å²) >= 11 is 3.33. The fourth-order valence-corrected chi connectivity index (χ4v) is 3.02. The van der Waals surface area contributed by atoms with Crippen molar-refractivity contribution < 1.29 is 19.1 Å². The fourth-order valence-electron chi connectivity index (χ4n) is 2.52. The molecule has 1 N–H and O–H groups in total. The van der Waals surface area contributed by atoms with Crippen molar-refractivity contribution in [2.75, 3.05) is 13.7 Å². The lowest BCUT2D eigenvalue weighted by molar-refractivity contribution is -0.124. The minimum absolute atomic E-state index is 0.0350. The number of carbonyl (C=O) groups is 2. The number of halogens is 1. The monoisotopic (exact) mass is 369 g/mol. The van der Waals surface area contributed by atoms with Crippen LogP contribution >= 0.6 is 15.9 Å². The van der Waals surface area contributed by atoms with Gasteiger partial charge in [0.15, 0.2) is 6.61 Å². The molecule has 1 aliphatic carbocycles. The average molecular weight is 370 g/mol. The summed E-state index contributed by atoms with van der Waals surface area (Å²) in [5.41, 5.74) is 0.424. The van der Waals surface area contributed by atoms with E-state index in [4.69, 9.17) is 4.74 Å². The van der Waals surface area contributed by atoms with Crippen molar-refractivity contribution in [3.63, 3.8) is 0 Å². The molecule has 0 aromatic heterocycles. The van der Waals surface area contributed by atoms with Gasteiger partial charge in [-0.1, -0.05) is 19.3 Å². The van der Waals surface area contributed by atoms with E-state index in [2.05, 4.69) is 26.0 Å². The highest BCUT2D eigenvalue weighted by molar-refractivity contribution is 9.10. The lowest BCUT2D eigenvalue weighted by Crippen LogP contribution is -2.39. The Morgan fingerprint density at radius 3 is 2.64 bits per heavy atom. The van der Waals surface area contributed by atoms with E-state index in [0.29, 0.717) is 15.8 Å². The third kappa shape index (κ3) is 4.73. The van der Waals surface area contributed by atoms with Crippen LogP contribution < -0.4 is 10.1 Å². The quantitative estimate of drug-likeness (QED) is 0.810. The third-order valence-corrected chi connectivity index (χ3v) is 4.30. The molecule has 6 heteroatoms. The highest BCUT2D eigenvalue weighted by atomic mass is 79.9. The van der Waals surface area contributed by atoms with Crippen molar-refractivity contribution in [1.29, 1.82) is 0 Å². The molecule has 0 saturated heterocycles. The Balaban J connectivity index is 1.85. The van der Waals surface area contributed by atoms with Crippen LogP contribution in [0, 0.1) is 0 Å². The molecule has 1 saturated carbocycles. The summed E-state index contributed by atoms with van der Waals surface area (Å²) in [6.07, 6.45) is 5.69. The van der Waals surface area contributed by atoms with Gasteiger partial charge in [-0.05, 0) is 47.0 Å². The number of benzene rings is 1. The van der Waals surface area contributed by atoms with Crippen LogP contribution in [0.4, 0.5) is 0 Å². The number of rotatable bonds is 5. The first kappa shape index (κ1) is 16.8. The number of amides is 1. The van der Waals surface area contributed by atoms with Gasteiger partial charge in [0.2, 0.25) is 0 Å². The van der Waals surface area contributed by atoms with Crippen molar-refractivity contribution in [3.8, 4) is 5.75 Å². The van der Waals surface area contributed by atoms with E-state index < -0.39 is 5.97 Å². The summed E-state index contributed by atoms with van der Waals surface area (Å²) in [5.74, 6) is -0.00965. The van der Waals surface area contributed by atoms with E-state index in [-0.39, 0.29) is 18.6 Å². The molecule has 0 heterocycles. The van der Waals surface area contributed by atoms with Crippen molar-refractivity contribution in [2.24, 2.45) is 0 Å². The van der Waals surface area contributed by atoms with Crippen LogP contribution in [-0.4, -0.2) is 31.6 Å². The lowest BCUT2D eigenvalue weighted by Gasteiger charge is -2.22. The molecule has 120 valence electrons. The zero-order valence-corrected chi connectivity index (χ0v) is 14.1. The van der Waals surface area contributed by atoms with Crippen molar-refractivity contribution >= 4 is 27.8 Å². The van der Waals surface area contributed by atoms with Crippen molar-refractivity contribution in [2.45, 2.75) is 38.1 Å². The summed E-state index contributed by atoms with van der Waals surface area (Å²) in [6.45, 7) is -0.0350. The molecule has 1 aromatic rings. The van der Waals surface area contributed by atoms with E-state index >= 15 is 0 Å². The van der Waals surface area contributed by atoms with Gasteiger partial charge in [0.25, 0.3) is 5.91 Å². The molecule has 5 nitrogen and oxygen atoms in total. The molecule has 0 unspecified atom stereocenters. The smallest absolute Gasteiger partial charge is 0.337 e. The second kappa shape index (κ2) is 8.17. The first-order chi connectivity index (χ1) is 10.6. The van der Waals surface area contributed by atoms with E-state index in [0.717, 1.165) is 12.8 Å². The first-order valence-electron chi connectivity index (χ1n) is 7.40. The van der Waals surface area contributed by atoms with Crippen LogP contribution in [-0.2, 0) is 9.53 Å². The number of methoxy groups -OCH3 is 1. The first-order valence-corrected chi connectivity index (χ1v) is 8.19.